The second kappa shape index (κ2) is 8.49. The van der Waals surface area contributed by atoms with Crippen molar-refractivity contribution >= 4 is 27.9 Å². The van der Waals surface area contributed by atoms with Crippen molar-refractivity contribution < 1.29 is 9.59 Å². The van der Waals surface area contributed by atoms with E-state index in [1.54, 1.807) is 16.7 Å². The second-order valence-electron chi connectivity index (χ2n) is 8.17. The maximum Gasteiger partial charge on any atom is 0.258 e. The van der Waals surface area contributed by atoms with Crippen LogP contribution in [0.25, 0.3) is 4.96 Å². The molecule has 1 aliphatic rings. The smallest absolute Gasteiger partial charge is 0.258 e. The van der Waals surface area contributed by atoms with E-state index in [9.17, 15) is 14.4 Å². The predicted molar refractivity (Wildman–Crippen MR) is 120 cm³/mol. The summed E-state index contributed by atoms with van der Waals surface area (Å²) in [5, 5.41) is 1.86. The molecule has 3 aromatic heterocycles. The first-order chi connectivity index (χ1) is 14.8. The average molecular weight is 442 g/mol. The molecule has 1 saturated heterocycles. The number of rotatable bonds is 6. The lowest BCUT2D eigenvalue weighted by molar-refractivity contribution is 0.0680. The SMILES string of the molecule is CC(=O)c1c(C)[nH]c(C(=O)C(C)N2CCN(Cc3cc(=O)n4ccsc4n3)CC2)c1C. The van der Waals surface area contributed by atoms with Gasteiger partial charge in [0.05, 0.1) is 17.4 Å². The summed E-state index contributed by atoms with van der Waals surface area (Å²) in [6, 6.07) is 1.32. The van der Waals surface area contributed by atoms with Crippen molar-refractivity contribution in [2.75, 3.05) is 26.2 Å². The third-order valence-corrected chi connectivity index (χ3v) is 6.87. The van der Waals surface area contributed by atoms with Crippen LogP contribution in [-0.2, 0) is 6.54 Å². The van der Waals surface area contributed by atoms with E-state index in [0.717, 1.165) is 43.1 Å². The summed E-state index contributed by atoms with van der Waals surface area (Å²) in [5.74, 6) is -0.0139. The van der Waals surface area contributed by atoms with Gasteiger partial charge >= 0.3 is 0 Å². The number of aryl methyl sites for hydroxylation is 1. The molecule has 3 aromatic rings. The second-order valence-corrected chi connectivity index (χ2v) is 9.05. The van der Waals surface area contributed by atoms with Crippen molar-refractivity contribution in [2.24, 2.45) is 0 Å². The zero-order valence-corrected chi connectivity index (χ0v) is 19.1. The molecule has 9 heteroatoms. The number of carbonyl (C=O) groups is 2. The first-order valence-electron chi connectivity index (χ1n) is 10.4. The highest BCUT2D eigenvalue weighted by Gasteiger charge is 2.29. The Balaban J connectivity index is 1.40. The van der Waals surface area contributed by atoms with Crippen LogP contribution in [0, 0.1) is 13.8 Å². The quantitative estimate of drug-likeness (QED) is 0.591. The third kappa shape index (κ3) is 4.13. The van der Waals surface area contributed by atoms with E-state index in [2.05, 4.69) is 19.8 Å². The van der Waals surface area contributed by atoms with Crippen molar-refractivity contribution in [1.29, 1.82) is 0 Å². The highest BCUT2D eigenvalue weighted by Crippen LogP contribution is 2.21. The average Bonchev–Trinajstić information content (AvgIpc) is 3.31. The third-order valence-electron chi connectivity index (χ3n) is 6.11. The van der Waals surface area contributed by atoms with E-state index in [1.165, 1.54) is 18.3 Å². The number of H-pyrrole nitrogens is 1. The predicted octanol–water partition coefficient (Wildman–Crippen LogP) is 2.29. The highest BCUT2D eigenvalue weighted by atomic mass is 32.1. The van der Waals surface area contributed by atoms with Crippen molar-refractivity contribution in [3.8, 4) is 0 Å². The molecule has 0 radical (unpaired) electrons. The van der Waals surface area contributed by atoms with Crippen LogP contribution in [0.15, 0.2) is 22.4 Å². The number of nitrogens with one attached hydrogen (secondary N) is 1. The van der Waals surface area contributed by atoms with Gasteiger partial charge in [0.2, 0.25) is 0 Å². The van der Waals surface area contributed by atoms with Crippen LogP contribution >= 0.6 is 11.3 Å². The van der Waals surface area contributed by atoms with Crippen LogP contribution < -0.4 is 5.56 Å². The molecule has 4 rings (SSSR count). The number of carbonyl (C=O) groups excluding carboxylic acids is 2. The Bertz CT molecular complexity index is 1200. The molecule has 31 heavy (non-hydrogen) atoms. The molecule has 0 amide bonds. The van der Waals surface area contributed by atoms with E-state index >= 15 is 0 Å². The van der Waals surface area contributed by atoms with Gasteiger partial charge in [0, 0.05) is 61.6 Å². The fourth-order valence-electron chi connectivity index (χ4n) is 4.41. The van der Waals surface area contributed by atoms with Crippen LogP contribution in [-0.4, -0.2) is 68.0 Å². The Labute approximate surface area is 184 Å². The molecule has 0 bridgehead atoms. The molecule has 0 spiro atoms. The molecular formula is C22H27N5O3S. The summed E-state index contributed by atoms with van der Waals surface area (Å²) in [5.41, 5.74) is 3.36. The zero-order chi connectivity index (χ0) is 22.3. The van der Waals surface area contributed by atoms with Gasteiger partial charge in [0.15, 0.2) is 16.5 Å². The lowest BCUT2D eigenvalue weighted by atomic mass is 10.0. The van der Waals surface area contributed by atoms with Crippen molar-refractivity contribution in [3.63, 3.8) is 0 Å². The molecule has 4 heterocycles. The largest absolute Gasteiger partial charge is 0.355 e. The zero-order valence-electron chi connectivity index (χ0n) is 18.3. The molecule has 1 N–H and O–H groups in total. The number of nitrogens with zero attached hydrogens (tertiary/aromatic N) is 4. The number of ketones is 2. The molecule has 0 aromatic carbocycles. The van der Waals surface area contributed by atoms with Gasteiger partial charge in [-0.05, 0) is 33.3 Å². The minimum Gasteiger partial charge on any atom is -0.355 e. The number of piperazine rings is 1. The number of Topliss-reactive ketones (excluding diaryl/α,β-unsaturated/α-hetero) is 2. The lowest BCUT2D eigenvalue weighted by Gasteiger charge is -2.37. The van der Waals surface area contributed by atoms with Crippen LogP contribution in [0.1, 0.15) is 51.6 Å². The minimum atomic E-state index is -0.274. The minimum absolute atomic E-state index is 0.0133. The van der Waals surface area contributed by atoms with Crippen LogP contribution in [0.4, 0.5) is 0 Å². The number of thiazole rings is 1. The normalized spacial score (nSPS) is 16.6. The Kier molecular flexibility index (Phi) is 5.92. The summed E-state index contributed by atoms with van der Waals surface area (Å²) >= 11 is 1.45. The first-order valence-corrected chi connectivity index (χ1v) is 11.3. The van der Waals surface area contributed by atoms with Gasteiger partial charge in [-0.2, -0.15) is 0 Å². The van der Waals surface area contributed by atoms with Crippen LogP contribution in [0.3, 0.4) is 0 Å². The van der Waals surface area contributed by atoms with Gasteiger partial charge in [-0.25, -0.2) is 4.98 Å². The van der Waals surface area contributed by atoms with E-state index in [-0.39, 0.29) is 23.2 Å². The van der Waals surface area contributed by atoms with E-state index in [4.69, 9.17) is 0 Å². The summed E-state index contributed by atoms with van der Waals surface area (Å²) < 4.78 is 1.56. The Morgan fingerprint density at radius 3 is 2.58 bits per heavy atom. The van der Waals surface area contributed by atoms with Crippen LogP contribution in [0.2, 0.25) is 0 Å². The Hall–Kier alpha value is -2.62. The number of hydrogen-bond acceptors (Lipinski definition) is 7. The van der Waals surface area contributed by atoms with Gasteiger partial charge in [-0.15, -0.1) is 11.3 Å². The van der Waals surface area contributed by atoms with E-state index in [1.807, 2.05) is 26.2 Å². The molecular weight excluding hydrogens is 414 g/mol. The Morgan fingerprint density at radius 2 is 1.94 bits per heavy atom. The number of aromatic amines is 1. The molecule has 1 aliphatic heterocycles. The standard InChI is InChI=1S/C22H27N5O3S/c1-13-19(16(4)28)14(2)23-20(13)21(30)15(3)26-7-5-25(6-8-26)12-17-11-18(29)27-9-10-31-22(27)24-17/h9-11,15,23H,5-8,12H2,1-4H3. The summed E-state index contributed by atoms with van der Waals surface area (Å²) in [7, 11) is 0. The van der Waals surface area contributed by atoms with Crippen molar-refractivity contribution in [1.82, 2.24) is 24.2 Å². The van der Waals surface area contributed by atoms with Crippen molar-refractivity contribution in [2.45, 2.75) is 40.3 Å². The first kappa shape index (κ1) is 21.6. The number of hydrogen-bond donors (Lipinski definition) is 1. The van der Waals surface area contributed by atoms with Gasteiger partial charge in [0.1, 0.15) is 0 Å². The fraction of sp³-hybridized carbons (Fsp3) is 0.455. The molecule has 1 fully saturated rings. The molecule has 164 valence electrons. The van der Waals surface area contributed by atoms with Gasteiger partial charge in [-0.1, -0.05) is 0 Å². The molecule has 0 aliphatic carbocycles. The maximum absolute atomic E-state index is 13.1. The van der Waals surface area contributed by atoms with Crippen molar-refractivity contribution in [3.05, 3.63) is 56.2 Å². The lowest BCUT2D eigenvalue weighted by Crippen LogP contribution is -2.51. The fourth-order valence-corrected chi connectivity index (χ4v) is 5.14. The number of fused-ring (bicyclic) bond motifs is 1. The summed E-state index contributed by atoms with van der Waals surface area (Å²) in [6.07, 6.45) is 1.74. The summed E-state index contributed by atoms with van der Waals surface area (Å²) in [4.78, 5) is 50.1. The molecule has 1 atom stereocenters. The molecule has 0 saturated carbocycles. The molecule has 1 unspecified atom stereocenters. The van der Waals surface area contributed by atoms with Gasteiger partial charge in [0.25, 0.3) is 5.56 Å². The summed E-state index contributed by atoms with van der Waals surface area (Å²) in [6.45, 7) is 10.8. The monoisotopic (exact) mass is 441 g/mol. The van der Waals surface area contributed by atoms with Crippen LogP contribution in [0.5, 0.6) is 0 Å². The Morgan fingerprint density at radius 1 is 1.23 bits per heavy atom. The van der Waals surface area contributed by atoms with Gasteiger partial charge < -0.3 is 4.98 Å². The maximum atomic E-state index is 13.1. The highest BCUT2D eigenvalue weighted by molar-refractivity contribution is 7.15. The molecule has 8 nitrogen and oxygen atoms in total. The topological polar surface area (TPSA) is 90.8 Å². The van der Waals surface area contributed by atoms with E-state index < -0.39 is 0 Å². The van der Waals surface area contributed by atoms with E-state index in [0.29, 0.717) is 22.8 Å². The van der Waals surface area contributed by atoms with Gasteiger partial charge in [-0.3, -0.25) is 28.6 Å². The number of aromatic nitrogens is 3.